The van der Waals surface area contributed by atoms with E-state index in [1.807, 2.05) is 0 Å². The lowest BCUT2D eigenvalue weighted by atomic mass is 9.89. The highest BCUT2D eigenvalue weighted by molar-refractivity contribution is 7.99. The second-order valence-corrected chi connectivity index (χ2v) is 12.0. The van der Waals surface area contributed by atoms with Gasteiger partial charge in [0.1, 0.15) is 4.83 Å². The van der Waals surface area contributed by atoms with Gasteiger partial charge in [-0.3, -0.25) is 14.2 Å². The fourth-order valence-corrected chi connectivity index (χ4v) is 6.74. The van der Waals surface area contributed by atoms with E-state index >= 15 is 0 Å². The van der Waals surface area contributed by atoms with Gasteiger partial charge in [-0.1, -0.05) is 44.1 Å². The molecule has 0 radical (unpaired) electrons. The van der Waals surface area contributed by atoms with Gasteiger partial charge in [0.15, 0.2) is 5.16 Å². The molecule has 0 fully saturated rings. The van der Waals surface area contributed by atoms with E-state index < -0.39 is 22.3 Å². The van der Waals surface area contributed by atoms with Crippen LogP contribution in [0.25, 0.3) is 15.9 Å². The first-order valence-corrected chi connectivity index (χ1v) is 14.0. The number of hydrogen-bond donors (Lipinski definition) is 1. The van der Waals surface area contributed by atoms with E-state index in [0.29, 0.717) is 28.6 Å². The summed E-state index contributed by atoms with van der Waals surface area (Å²) in [5, 5.41) is 3.02. The van der Waals surface area contributed by atoms with Crippen molar-refractivity contribution < 1.29 is 18.0 Å². The van der Waals surface area contributed by atoms with Crippen LogP contribution in [0.3, 0.4) is 0 Å². The first-order valence-electron chi connectivity index (χ1n) is 11.8. The van der Waals surface area contributed by atoms with Crippen molar-refractivity contribution in [1.29, 1.82) is 0 Å². The number of aromatic nitrogens is 2. The number of rotatable bonds is 7. The number of alkyl halides is 3. The molecule has 0 unspecified atom stereocenters. The van der Waals surface area contributed by atoms with E-state index in [9.17, 15) is 22.8 Å². The maximum absolute atomic E-state index is 13.8. The van der Waals surface area contributed by atoms with Crippen molar-refractivity contribution in [3.05, 3.63) is 49.6 Å². The second kappa shape index (κ2) is 10.8. The van der Waals surface area contributed by atoms with Gasteiger partial charge >= 0.3 is 6.18 Å². The van der Waals surface area contributed by atoms with Crippen LogP contribution in [-0.4, -0.2) is 27.8 Å². The molecule has 1 N–H and O–H groups in total. The molecule has 2 heterocycles. The number of hydrogen-bond acceptors (Lipinski definition) is 5. The molecule has 3 aromatic rings. The monoisotopic (exact) mass is 557 g/mol. The van der Waals surface area contributed by atoms with Crippen molar-refractivity contribution in [1.82, 2.24) is 14.9 Å². The number of fused-ring (bicyclic) bond motifs is 3. The number of nitrogens with one attached hydrogen (secondary N) is 1. The number of amides is 1. The number of halogens is 4. The van der Waals surface area contributed by atoms with Gasteiger partial charge in [0.25, 0.3) is 5.56 Å². The van der Waals surface area contributed by atoms with Gasteiger partial charge in [0.2, 0.25) is 5.91 Å². The summed E-state index contributed by atoms with van der Waals surface area (Å²) in [6, 6.07) is 3.37. The molecule has 0 aliphatic heterocycles. The molecule has 1 aliphatic carbocycles. The highest BCUT2D eigenvalue weighted by Crippen LogP contribution is 2.39. The number of benzene rings is 1. The molecule has 194 valence electrons. The zero-order chi connectivity index (χ0) is 26.2. The van der Waals surface area contributed by atoms with E-state index in [2.05, 4.69) is 31.1 Å². The molecule has 0 saturated carbocycles. The minimum atomic E-state index is -4.68. The Kier molecular flexibility index (Phi) is 8.07. The Balaban J connectivity index is 1.80. The van der Waals surface area contributed by atoms with Gasteiger partial charge < -0.3 is 5.32 Å². The number of carbonyl (C=O) groups excluding carboxylic acids is 1. The van der Waals surface area contributed by atoms with Crippen molar-refractivity contribution in [2.75, 3.05) is 12.3 Å². The Morgan fingerprint density at radius 2 is 2.11 bits per heavy atom. The standard InChI is InChI=1S/C25H27ClF3N3O2S2/c1-13(2)8-9-30-20(33)12-35-24-31-22-21(16-6-4-14(3)10-19(16)36-22)23(34)32(24)15-5-7-18(26)17(11-15)25(27,28)29/h5,7,11,13-14H,4,6,8-10,12H2,1-3H3,(H,30,33)/t14-/m1/s1. The molecule has 2 aromatic heterocycles. The quantitative estimate of drug-likeness (QED) is 0.266. The molecular weight excluding hydrogens is 531 g/mol. The number of aryl methyl sites for hydroxylation is 1. The molecule has 0 saturated heterocycles. The summed E-state index contributed by atoms with van der Waals surface area (Å²) < 4.78 is 42.0. The molecular formula is C25H27ClF3N3O2S2. The van der Waals surface area contributed by atoms with Crippen molar-refractivity contribution in [2.45, 2.75) is 57.8 Å². The molecule has 5 nitrogen and oxygen atoms in total. The van der Waals surface area contributed by atoms with Crippen LogP contribution in [0.4, 0.5) is 13.2 Å². The van der Waals surface area contributed by atoms with Gasteiger partial charge in [-0.15, -0.1) is 11.3 Å². The summed E-state index contributed by atoms with van der Waals surface area (Å²) in [5.74, 6) is 0.681. The molecule has 11 heteroatoms. The minimum absolute atomic E-state index is 0.0120. The van der Waals surface area contributed by atoms with Crippen LogP contribution in [0, 0.1) is 11.8 Å². The maximum Gasteiger partial charge on any atom is 0.417 e. The van der Waals surface area contributed by atoms with Gasteiger partial charge in [-0.25, -0.2) is 4.98 Å². The van der Waals surface area contributed by atoms with Gasteiger partial charge in [0.05, 0.1) is 27.4 Å². The second-order valence-electron chi connectivity index (χ2n) is 9.55. The summed E-state index contributed by atoms with van der Waals surface area (Å²) in [5.41, 5.74) is -0.507. The van der Waals surface area contributed by atoms with Crippen LogP contribution in [0.5, 0.6) is 0 Å². The average Bonchev–Trinajstić information content (AvgIpc) is 3.15. The van der Waals surface area contributed by atoms with Gasteiger partial charge in [0, 0.05) is 11.4 Å². The Labute approximate surface area is 220 Å². The Morgan fingerprint density at radius 1 is 1.36 bits per heavy atom. The van der Waals surface area contributed by atoms with Crippen molar-refractivity contribution in [3.63, 3.8) is 0 Å². The largest absolute Gasteiger partial charge is 0.417 e. The van der Waals surface area contributed by atoms with Crippen LogP contribution in [0.1, 0.15) is 49.6 Å². The molecule has 1 aliphatic rings. The Bertz CT molecular complexity index is 1350. The number of nitrogens with zero attached hydrogens (tertiary/aromatic N) is 2. The topological polar surface area (TPSA) is 64.0 Å². The van der Waals surface area contributed by atoms with E-state index in [0.717, 1.165) is 60.0 Å². The van der Waals surface area contributed by atoms with E-state index in [-0.39, 0.29) is 22.5 Å². The molecule has 0 spiro atoms. The first-order chi connectivity index (χ1) is 17.0. The predicted octanol–water partition coefficient (Wildman–Crippen LogP) is 6.50. The minimum Gasteiger partial charge on any atom is -0.355 e. The molecule has 36 heavy (non-hydrogen) atoms. The van der Waals surface area contributed by atoms with Crippen LogP contribution in [-0.2, 0) is 23.8 Å². The zero-order valence-corrected chi connectivity index (χ0v) is 22.6. The fourth-order valence-electron chi connectivity index (χ4n) is 4.25. The SMILES string of the molecule is CC(C)CCNC(=O)CSc1nc2sc3c(c2c(=O)n1-c1ccc(Cl)c(C(F)(F)F)c1)CC[C@@H](C)C3. The summed E-state index contributed by atoms with van der Waals surface area (Å²) in [4.78, 5) is 32.6. The van der Waals surface area contributed by atoms with Crippen molar-refractivity contribution in [2.24, 2.45) is 11.8 Å². The molecule has 1 aromatic carbocycles. The van der Waals surface area contributed by atoms with Crippen LogP contribution >= 0.6 is 34.7 Å². The fraction of sp³-hybridized carbons (Fsp3) is 0.480. The highest BCUT2D eigenvalue weighted by Gasteiger charge is 2.34. The number of thiophene rings is 1. The van der Waals surface area contributed by atoms with E-state index in [1.54, 1.807) is 0 Å². The number of thioether (sulfide) groups is 1. The Morgan fingerprint density at radius 3 is 2.81 bits per heavy atom. The van der Waals surface area contributed by atoms with Crippen molar-refractivity contribution >= 4 is 50.8 Å². The number of carbonyl (C=O) groups is 1. The normalized spacial score (nSPS) is 15.9. The summed E-state index contributed by atoms with van der Waals surface area (Å²) in [6.07, 6.45) is -1.35. The third kappa shape index (κ3) is 5.75. The maximum atomic E-state index is 13.8. The van der Waals surface area contributed by atoms with Crippen LogP contribution in [0.15, 0.2) is 28.2 Å². The van der Waals surface area contributed by atoms with Crippen LogP contribution < -0.4 is 10.9 Å². The molecule has 1 atom stereocenters. The smallest absolute Gasteiger partial charge is 0.355 e. The highest BCUT2D eigenvalue weighted by atomic mass is 35.5. The lowest BCUT2D eigenvalue weighted by Gasteiger charge is -2.18. The molecule has 0 bridgehead atoms. The summed E-state index contributed by atoms with van der Waals surface area (Å²) in [7, 11) is 0. The van der Waals surface area contributed by atoms with Crippen molar-refractivity contribution in [3.8, 4) is 5.69 Å². The Hall–Kier alpha value is -2.04. The lowest BCUT2D eigenvalue weighted by Crippen LogP contribution is -2.28. The predicted molar refractivity (Wildman–Crippen MR) is 140 cm³/mol. The average molecular weight is 558 g/mol. The third-order valence-corrected chi connectivity index (χ3v) is 8.60. The zero-order valence-electron chi connectivity index (χ0n) is 20.2. The summed E-state index contributed by atoms with van der Waals surface area (Å²) >= 11 is 8.32. The first kappa shape index (κ1) is 27.0. The van der Waals surface area contributed by atoms with Gasteiger partial charge in [-0.05, 0) is 61.3 Å². The summed E-state index contributed by atoms with van der Waals surface area (Å²) in [6.45, 7) is 6.80. The van der Waals surface area contributed by atoms with Gasteiger partial charge in [-0.2, -0.15) is 13.2 Å². The third-order valence-electron chi connectivity index (χ3n) is 6.19. The van der Waals surface area contributed by atoms with E-state index in [1.165, 1.54) is 22.0 Å². The lowest BCUT2D eigenvalue weighted by molar-refractivity contribution is -0.137. The van der Waals surface area contributed by atoms with Crippen LogP contribution in [0.2, 0.25) is 5.02 Å². The van der Waals surface area contributed by atoms with E-state index in [4.69, 9.17) is 11.6 Å². The molecule has 1 amide bonds. The molecule has 4 rings (SSSR count).